The number of rotatable bonds is 3. The van der Waals surface area contributed by atoms with Crippen molar-refractivity contribution >= 4 is 10.9 Å². The summed E-state index contributed by atoms with van der Waals surface area (Å²) < 4.78 is 0. The van der Waals surface area contributed by atoms with E-state index in [0.717, 1.165) is 30.9 Å². The van der Waals surface area contributed by atoms with Crippen molar-refractivity contribution in [1.82, 2.24) is 14.9 Å². The number of hydrogen-bond acceptors (Lipinski definition) is 4. The molecule has 1 aromatic heterocycles. The fraction of sp³-hybridized carbons (Fsp3) is 0.500. The number of aromatic nitrogens is 2. The normalized spacial score (nSPS) is 24.5. The Labute approximate surface area is 124 Å². The van der Waals surface area contributed by atoms with Gasteiger partial charge in [-0.25, -0.2) is 4.98 Å². The summed E-state index contributed by atoms with van der Waals surface area (Å²) in [6, 6.07) is 7.54. The van der Waals surface area contributed by atoms with Crippen molar-refractivity contribution in [2.45, 2.75) is 26.3 Å². The van der Waals surface area contributed by atoms with Crippen molar-refractivity contribution in [3.63, 3.8) is 0 Å². The number of nitrogens with two attached hydrogens (primary N) is 1. The molecule has 1 aliphatic rings. The van der Waals surface area contributed by atoms with Crippen molar-refractivity contribution in [1.29, 1.82) is 0 Å². The molecule has 3 N–H and O–H groups in total. The third-order valence-electron chi connectivity index (χ3n) is 4.65. The molecule has 2 heterocycles. The first-order chi connectivity index (χ1) is 10.0. The van der Waals surface area contributed by atoms with Gasteiger partial charge in [0.1, 0.15) is 5.82 Å². The van der Waals surface area contributed by atoms with Crippen LogP contribution in [0.1, 0.15) is 32.1 Å². The van der Waals surface area contributed by atoms with E-state index in [9.17, 15) is 4.79 Å². The van der Waals surface area contributed by atoms with Crippen LogP contribution in [0, 0.1) is 5.41 Å². The number of para-hydroxylation sites is 1. The van der Waals surface area contributed by atoms with Gasteiger partial charge in [0.15, 0.2) is 0 Å². The topological polar surface area (TPSA) is 75.0 Å². The van der Waals surface area contributed by atoms with Crippen LogP contribution in [0.25, 0.3) is 10.9 Å². The minimum atomic E-state index is -0.0665. The summed E-state index contributed by atoms with van der Waals surface area (Å²) >= 11 is 0. The predicted octanol–water partition coefficient (Wildman–Crippen LogP) is 1.65. The lowest BCUT2D eigenvalue weighted by molar-refractivity contribution is 0.220. The molecule has 2 atom stereocenters. The van der Waals surface area contributed by atoms with Gasteiger partial charge in [0.2, 0.25) is 0 Å². The number of aromatic amines is 1. The largest absolute Gasteiger partial charge is 0.330 e. The number of nitrogens with one attached hydrogen (secondary N) is 1. The molecular weight excluding hydrogens is 264 g/mol. The molecule has 1 saturated heterocycles. The SMILES string of the molecule is CC(c1nc2ccccc2c(=O)[nH]1)N1CCC(C)(CN)C1. The summed E-state index contributed by atoms with van der Waals surface area (Å²) in [5.41, 5.74) is 6.73. The van der Waals surface area contributed by atoms with Crippen molar-refractivity contribution in [3.05, 3.63) is 40.4 Å². The molecule has 0 spiro atoms. The van der Waals surface area contributed by atoms with Crippen LogP contribution in [-0.4, -0.2) is 34.5 Å². The van der Waals surface area contributed by atoms with Gasteiger partial charge in [0.25, 0.3) is 5.56 Å². The van der Waals surface area contributed by atoms with Crippen LogP contribution in [0.15, 0.2) is 29.1 Å². The highest BCUT2D eigenvalue weighted by molar-refractivity contribution is 5.77. The lowest BCUT2D eigenvalue weighted by Gasteiger charge is -2.26. The summed E-state index contributed by atoms with van der Waals surface area (Å²) in [4.78, 5) is 22.1. The van der Waals surface area contributed by atoms with E-state index in [4.69, 9.17) is 5.73 Å². The van der Waals surface area contributed by atoms with Gasteiger partial charge in [0, 0.05) is 6.54 Å². The summed E-state index contributed by atoms with van der Waals surface area (Å²) in [6.45, 7) is 6.94. The Bertz CT molecular complexity index is 711. The Morgan fingerprint density at radius 1 is 1.48 bits per heavy atom. The van der Waals surface area contributed by atoms with Crippen molar-refractivity contribution < 1.29 is 0 Å². The minimum absolute atomic E-state index is 0.0665. The first kappa shape index (κ1) is 14.2. The van der Waals surface area contributed by atoms with E-state index in [-0.39, 0.29) is 17.0 Å². The summed E-state index contributed by atoms with van der Waals surface area (Å²) in [6.07, 6.45) is 1.09. The molecule has 5 heteroatoms. The zero-order valence-corrected chi connectivity index (χ0v) is 12.6. The number of nitrogens with zero attached hydrogens (tertiary/aromatic N) is 2. The van der Waals surface area contributed by atoms with E-state index < -0.39 is 0 Å². The molecule has 112 valence electrons. The molecule has 2 unspecified atom stereocenters. The van der Waals surface area contributed by atoms with Crippen molar-refractivity contribution in [2.24, 2.45) is 11.1 Å². The molecule has 0 aliphatic carbocycles. The summed E-state index contributed by atoms with van der Waals surface area (Å²) in [5.74, 6) is 0.736. The van der Waals surface area contributed by atoms with Crippen LogP contribution in [0.4, 0.5) is 0 Å². The number of hydrogen-bond donors (Lipinski definition) is 2. The molecule has 1 fully saturated rings. The molecule has 2 aromatic rings. The van der Waals surface area contributed by atoms with E-state index in [1.807, 2.05) is 18.2 Å². The molecule has 21 heavy (non-hydrogen) atoms. The number of likely N-dealkylation sites (tertiary alicyclic amines) is 1. The highest BCUT2D eigenvalue weighted by atomic mass is 16.1. The molecule has 1 aromatic carbocycles. The maximum absolute atomic E-state index is 12.2. The highest BCUT2D eigenvalue weighted by Gasteiger charge is 2.35. The predicted molar refractivity (Wildman–Crippen MR) is 84.1 cm³/mol. The Morgan fingerprint density at radius 2 is 2.24 bits per heavy atom. The van der Waals surface area contributed by atoms with Gasteiger partial charge in [0.05, 0.1) is 16.9 Å². The fourth-order valence-corrected chi connectivity index (χ4v) is 3.03. The zero-order chi connectivity index (χ0) is 15.0. The molecular formula is C16H22N4O. The molecule has 5 nitrogen and oxygen atoms in total. The third kappa shape index (κ3) is 2.59. The summed E-state index contributed by atoms with van der Waals surface area (Å²) in [7, 11) is 0. The number of H-pyrrole nitrogens is 1. The average molecular weight is 286 g/mol. The molecule has 0 amide bonds. The van der Waals surface area contributed by atoms with Crippen molar-refractivity contribution in [2.75, 3.05) is 19.6 Å². The van der Waals surface area contributed by atoms with Crippen LogP contribution < -0.4 is 11.3 Å². The third-order valence-corrected chi connectivity index (χ3v) is 4.65. The molecule has 0 radical (unpaired) electrons. The smallest absolute Gasteiger partial charge is 0.258 e. The zero-order valence-electron chi connectivity index (χ0n) is 12.6. The first-order valence-corrected chi connectivity index (χ1v) is 7.45. The maximum atomic E-state index is 12.2. The lowest BCUT2D eigenvalue weighted by atomic mass is 9.90. The van der Waals surface area contributed by atoms with E-state index in [1.165, 1.54) is 0 Å². The van der Waals surface area contributed by atoms with E-state index in [1.54, 1.807) is 6.07 Å². The monoisotopic (exact) mass is 286 g/mol. The lowest BCUT2D eigenvalue weighted by Crippen LogP contribution is -2.33. The van der Waals surface area contributed by atoms with Gasteiger partial charge < -0.3 is 10.7 Å². The van der Waals surface area contributed by atoms with E-state index >= 15 is 0 Å². The quantitative estimate of drug-likeness (QED) is 0.899. The van der Waals surface area contributed by atoms with E-state index in [0.29, 0.717) is 11.9 Å². The van der Waals surface area contributed by atoms with Crippen LogP contribution in [0.3, 0.4) is 0 Å². The number of fused-ring (bicyclic) bond motifs is 1. The standard InChI is InChI=1S/C16H22N4O/c1-11(20-8-7-16(2,9-17)10-20)14-18-13-6-4-3-5-12(13)15(21)19-14/h3-6,11H,7-10,17H2,1-2H3,(H,18,19,21). The van der Waals surface area contributed by atoms with Crippen LogP contribution in [0.2, 0.25) is 0 Å². The first-order valence-electron chi connectivity index (χ1n) is 7.45. The minimum Gasteiger partial charge on any atom is -0.330 e. The van der Waals surface area contributed by atoms with Crippen LogP contribution in [-0.2, 0) is 0 Å². The number of benzene rings is 1. The van der Waals surface area contributed by atoms with Crippen molar-refractivity contribution in [3.8, 4) is 0 Å². The van der Waals surface area contributed by atoms with Crippen LogP contribution in [0.5, 0.6) is 0 Å². The molecule has 0 bridgehead atoms. The Balaban J connectivity index is 1.92. The van der Waals surface area contributed by atoms with Gasteiger partial charge in [-0.2, -0.15) is 0 Å². The van der Waals surface area contributed by atoms with Gasteiger partial charge in [-0.15, -0.1) is 0 Å². The molecule has 0 saturated carbocycles. The van der Waals surface area contributed by atoms with Crippen LogP contribution >= 0.6 is 0 Å². The second kappa shape index (κ2) is 5.24. The fourth-order valence-electron chi connectivity index (χ4n) is 3.03. The van der Waals surface area contributed by atoms with Gasteiger partial charge >= 0.3 is 0 Å². The van der Waals surface area contributed by atoms with Gasteiger partial charge in [-0.05, 0) is 44.0 Å². The summed E-state index contributed by atoms with van der Waals surface area (Å²) in [5, 5.41) is 0.640. The second-order valence-corrected chi connectivity index (χ2v) is 6.38. The highest BCUT2D eigenvalue weighted by Crippen LogP contribution is 2.33. The Kier molecular flexibility index (Phi) is 3.55. The molecule has 1 aliphatic heterocycles. The van der Waals surface area contributed by atoms with E-state index in [2.05, 4.69) is 28.7 Å². The Morgan fingerprint density at radius 3 is 2.95 bits per heavy atom. The Hall–Kier alpha value is -1.72. The molecule has 3 rings (SSSR count). The second-order valence-electron chi connectivity index (χ2n) is 6.38. The maximum Gasteiger partial charge on any atom is 0.258 e. The van der Waals surface area contributed by atoms with Gasteiger partial charge in [-0.3, -0.25) is 9.69 Å². The van der Waals surface area contributed by atoms with Gasteiger partial charge in [-0.1, -0.05) is 19.1 Å². The average Bonchev–Trinajstić information content (AvgIpc) is 2.90.